The third kappa shape index (κ3) is 3.34. The monoisotopic (exact) mass is 332 g/mol. The molecule has 0 amide bonds. The first-order valence-electron chi connectivity index (χ1n) is 6.99. The zero-order valence-corrected chi connectivity index (χ0v) is 13.8. The van der Waals surface area contributed by atoms with Crippen LogP contribution in [0.5, 0.6) is 5.75 Å². The average Bonchev–Trinajstić information content (AvgIpc) is 2.46. The molecule has 2 N–H and O–H groups in total. The number of halogens is 1. The summed E-state index contributed by atoms with van der Waals surface area (Å²) in [7, 11) is -2.21. The van der Waals surface area contributed by atoms with Crippen molar-refractivity contribution in [2.24, 2.45) is 5.73 Å². The Morgan fingerprint density at radius 2 is 2.14 bits per heavy atom. The molecule has 0 spiro atoms. The summed E-state index contributed by atoms with van der Waals surface area (Å²) in [6, 6.07) is 4.17. The summed E-state index contributed by atoms with van der Waals surface area (Å²) < 4.78 is 32.6. The number of hydrogen-bond acceptors (Lipinski definition) is 4. The number of hydrogen-bond donors (Lipinski definition) is 1. The lowest BCUT2D eigenvalue weighted by molar-refractivity contribution is 0.226. The van der Waals surface area contributed by atoms with Crippen LogP contribution in [0.2, 0.25) is 5.02 Å². The first-order chi connectivity index (χ1) is 9.87. The normalized spacial score (nSPS) is 22.0. The van der Waals surface area contributed by atoms with Crippen molar-refractivity contribution in [2.45, 2.75) is 43.2 Å². The van der Waals surface area contributed by atoms with Crippen LogP contribution >= 0.6 is 11.6 Å². The number of benzene rings is 1. The van der Waals surface area contributed by atoms with Gasteiger partial charge in [-0.25, -0.2) is 8.42 Å². The second kappa shape index (κ2) is 6.52. The highest BCUT2D eigenvalue weighted by atomic mass is 35.5. The first-order valence-corrected chi connectivity index (χ1v) is 8.80. The molecular weight excluding hydrogens is 312 g/mol. The Morgan fingerprint density at radius 1 is 1.43 bits per heavy atom. The minimum Gasteiger partial charge on any atom is -0.495 e. The molecule has 1 fully saturated rings. The summed E-state index contributed by atoms with van der Waals surface area (Å²) in [5.41, 5.74) is 5.97. The van der Waals surface area contributed by atoms with E-state index in [9.17, 15) is 8.42 Å². The summed E-state index contributed by atoms with van der Waals surface area (Å²) in [4.78, 5) is 0.141. The third-order valence-corrected chi connectivity index (χ3v) is 6.02. The molecule has 0 aliphatic carbocycles. The van der Waals surface area contributed by atoms with E-state index in [-0.39, 0.29) is 22.7 Å². The molecule has 1 aliphatic heterocycles. The summed E-state index contributed by atoms with van der Waals surface area (Å²) in [5.74, 6) is 0.261. The van der Waals surface area contributed by atoms with E-state index in [1.807, 2.05) is 6.92 Å². The molecule has 2 rings (SSSR count). The van der Waals surface area contributed by atoms with Gasteiger partial charge >= 0.3 is 0 Å². The average molecular weight is 333 g/mol. The van der Waals surface area contributed by atoms with Gasteiger partial charge in [0.1, 0.15) is 10.6 Å². The zero-order chi connectivity index (χ0) is 15.6. The maximum atomic E-state index is 12.9. The minimum absolute atomic E-state index is 0.141. The molecule has 0 bridgehead atoms. The van der Waals surface area contributed by atoms with Gasteiger partial charge < -0.3 is 10.5 Å². The fourth-order valence-corrected chi connectivity index (χ4v) is 4.81. The predicted molar refractivity (Wildman–Crippen MR) is 83.2 cm³/mol. The molecule has 118 valence electrons. The molecule has 0 saturated carbocycles. The Morgan fingerprint density at radius 3 is 2.76 bits per heavy atom. The maximum absolute atomic E-state index is 12.9. The van der Waals surface area contributed by atoms with Gasteiger partial charge in [-0.2, -0.15) is 4.31 Å². The van der Waals surface area contributed by atoms with E-state index >= 15 is 0 Å². The molecule has 21 heavy (non-hydrogen) atoms. The maximum Gasteiger partial charge on any atom is 0.247 e. The van der Waals surface area contributed by atoms with Gasteiger partial charge in [0.25, 0.3) is 0 Å². The fraction of sp³-hybridized carbons (Fsp3) is 0.571. The summed E-state index contributed by atoms with van der Waals surface area (Å²) >= 11 is 5.90. The highest BCUT2D eigenvalue weighted by Crippen LogP contribution is 2.33. The van der Waals surface area contributed by atoms with Crippen molar-refractivity contribution >= 4 is 21.6 Å². The summed E-state index contributed by atoms with van der Waals surface area (Å²) in [6.07, 6.45) is 2.63. The zero-order valence-electron chi connectivity index (χ0n) is 12.3. The standard InChI is InChI=1S/C14H21ClN2O3S/c1-10(16)12-5-3-4-8-17(12)21(18,19)14-7-6-11(15)9-13(14)20-2/h6-7,9-10,12H,3-5,8,16H2,1-2H3. The van der Waals surface area contributed by atoms with Crippen LogP contribution in [0.3, 0.4) is 0 Å². The van der Waals surface area contributed by atoms with Gasteiger partial charge in [0, 0.05) is 29.7 Å². The first kappa shape index (κ1) is 16.5. The van der Waals surface area contributed by atoms with Gasteiger partial charge in [-0.1, -0.05) is 18.0 Å². The third-order valence-electron chi connectivity index (χ3n) is 3.82. The smallest absolute Gasteiger partial charge is 0.247 e. The molecule has 1 aromatic carbocycles. The van der Waals surface area contributed by atoms with E-state index < -0.39 is 10.0 Å². The lowest BCUT2D eigenvalue weighted by Crippen LogP contribution is -2.51. The molecule has 7 heteroatoms. The van der Waals surface area contributed by atoms with Crippen LogP contribution < -0.4 is 10.5 Å². The molecule has 2 unspecified atom stereocenters. The topological polar surface area (TPSA) is 72.6 Å². The van der Waals surface area contributed by atoms with Gasteiger partial charge in [-0.15, -0.1) is 0 Å². The van der Waals surface area contributed by atoms with E-state index in [2.05, 4.69) is 0 Å². The lowest BCUT2D eigenvalue weighted by atomic mass is 10.00. The number of sulfonamides is 1. The molecule has 1 aromatic rings. The van der Waals surface area contributed by atoms with Crippen LogP contribution in [0.25, 0.3) is 0 Å². The highest BCUT2D eigenvalue weighted by molar-refractivity contribution is 7.89. The lowest BCUT2D eigenvalue weighted by Gasteiger charge is -2.37. The summed E-state index contributed by atoms with van der Waals surface area (Å²) in [6.45, 7) is 2.33. The van der Waals surface area contributed by atoms with E-state index in [1.165, 1.54) is 23.5 Å². The van der Waals surface area contributed by atoms with E-state index in [4.69, 9.17) is 22.1 Å². The number of piperidine rings is 1. The molecule has 5 nitrogen and oxygen atoms in total. The van der Waals surface area contributed by atoms with Gasteiger partial charge in [0.15, 0.2) is 0 Å². The Bertz CT molecular complexity index is 604. The molecule has 0 aromatic heterocycles. The van der Waals surface area contributed by atoms with Crippen molar-refractivity contribution in [3.05, 3.63) is 23.2 Å². The molecular formula is C14H21ClN2O3S. The van der Waals surface area contributed by atoms with Crippen LogP contribution in [0.4, 0.5) is 0 Å². The largest absolute Gasteiger partial charge is 0.495 e. The van der Waals surface area contributed by atoms with Crippen LogP contribution in [0, 0.1) is 0 Å². The highest BCUT2D eigenvalue weighted by Gasteiger charge is 2.36. The Labute approximate surface area is 131 Å². The van der Waals surface area contributed by atoms with Crippen molar-refractivity contribution < 1.29 is 13.2 Å². The summed E-state index contributed by atoms with van der Waals surface area (Å²) in [5, 5.41) is 0.438. The second-order valence-electron chi connectivity index (χ2n) is 5.33. The van der Waals surface area contributed by atoms with Crippen molar-refractivity contribution in [1.82, 2.24) is 4.31 Å². The Balaban J connectivity index is 2.45. The number of methoxy groups -OCH3 is 1. The van der Waals surface area contributed by atoms with E-state index in [0.29, 0.717) is 11.6 Å². The molecule has 1 heterocycles. The second-order valence-corrected chi connectivity index (χ2v) is 7.63. The molecule has 2 atom stereocenters. The van der Waals surface area contributed by atoms with Crippen LogP contribution in [0.1, 0.15) is 26.2 Å². The van der Waals surface area contributed by atoms with Crippen molar-refractivity contribution in [2.75, 3.05) is 13.7 Å². The predicted octanol–water partition coefficient (Wildman–Crippen LogP) is 2.24. The SMILES string of the molecule is COc1cc(Cl)ccc1S(=O)(=O)N1CCCCC1C(C)N. The fourth-order valence-electron chi connectivity index (χ4n) is 2.74. The number of nitrogens with zero attached hydrogens (tertiary/aromatic N) is 1. The van der Waals surface area contributed by atoms with Crippen LogP contribution in [-0.4, -0.2) is 38.5 Å². The number of rotatable bonds is 4. The van der Waals surface area contributed by atoms with Crippen molar-refractivity contribution in [3.63, 3.8) is 0 Å². The van der Waals surface area contributed by atoms with Crippen LogP contribution in [0.15, 0.2) is 23.1 Å². The quantitative estimate of drug-likeness (QED) is 0.917. The van der Waals surface area contributed by atoms with Gasteiger partial charge in [-0.05, 0) is 31.9 Å². The minimum atomic E-state index is -3.65. The molecule has 1 aliphatic rings. The number of ether oxygens (including phenoxy) is 1. The molecule has 0 radical (unpaired) electrons. The van der Waals surface area contributed by atoms with Crippen LogP contribution in [-0.2, 0) is 10.0 Å². The molecule has 1 saturated heterocycles. The van der Waals surface area contributed by atoms with Gasteiger partial charge in [0.2, 0.25) is 10.0 Å². The van der Waals surface area contributed by atoms with E-state index in [0.717, 1.165) is 19.3 Å². The van der Waals surface area contributed by atoms with Gasteiger partial charge in [-0.3, -0.25) is 0 Å². The van der Waals surface area contributed by atoms with Crippen molar-refractivity contribution in [3.8, 4) is 5.75 Å². The van der Waals surface area contributed by atoms with Crippen molar-refractivity contribution in [1.29, 1.82) is 0 Å². The van der Waals surface area contributed by atoms with Gasteiger partial charge in [0.05, 0.1) is 7.11 Å². The Kier molecular flexibility index (Phi) is 5.14. The van der Waals surface area contributed by atoms with E-state index in [1.54, 1.807) is 6.07 Å². The Hall–Kier alpha value is -0.820. The number of nitrogens with two attached hydrogens (primary N) is 1.